The van der Waals surface area contributed by atoms with Crippen molar-refractivity contribution in [2.24, 2.45) is 0 Å². The van der Waals surface area contributed by atoms with Gasteiger partial charge in [-0.15, -0.1) is 0 Å². The topological polar surface area (TPSA) is 105 Å². The van der Waals surface area contributed by atoms with Crippen LogP contribution in [0.5, 0.6) is 0 Å². The first kappa shape index (κ1) is 55.2. The molecular formula is C47H96N2O6P+. The number of phosphoric acid groups is 1. The number of carbonyl (C=O) groups excluding carboxylic acids is 1. The molecule has 0 aromatic heterocycles. The quantitative estimate of drug-likeness (QED) is 0.0245. The second kappa shape index (κ2) is 39.7. The summed E-state index contributed by atoms with van der Waals surface area (Å²) in [5.41, 5.74) is 0. The highest BCUT2D eigenvalue weighted by Crippen LogP contribution is 2.43. The summed E-state index contributed by atoms with van der Waals surface area (Å²) in [6.07, 6.45) is 45.2. The summed E-state index contributed by atoms with van der Waals surface area (Å²) >= 11 is 0. The number of unbranched alkanes of at least 4 members (excludes halogenated alkanes) is 29. The third-order valence-corrected chi connectivity index (χ3v) is 12.0. The molecule has 1 amide bonds. The predicted molar refractivity (Wildman–Crippen MR) is 240 cm³/mol. The normalized spacial score (nSPS) is 14.3. The van der Waals surface area contributed by atoms with E-state index in [0.717, 1.165) is 38.5 Å². The molecule has 0 aliphatic carbocycles. The molecule has 3 atom stereocenters. The number of hydrogen-bond donors (Lipinski definition) is 3. The minimum absolute atomic E-state index is 0.0758. The van der Waals surface area contributed by atoms with Crippen LogP contribution in [0.25, 0.3) is 0 Å². The van der Waals surface area contributed by atoms with Crippen LogP contribution in [0.1, 0.15) is 232 Å². The van der Waals surface area contributed by atoms with Crippen molar-refractivity contribution in [3.05, 3.63) is 12.2 Å². The highest BCUT2D eigenvalue weighted by atomic mass is 31.2. The summed E-state index contributed by atoms with van der Waals surface area (Å²) in [4.78, 5) is 23.2. The molecule has 0 radical (unpaired) electrons. The number of nitrogens with zero attached hydrogens (tertiary/aromatic N) is 1. The highest BCUT2D eigenvalue weighted by molar-refractivity contribution is 7.47. The van der Waals surface area contributed by atoms with E-state index in [0.29, 0.717) is 23.9 Å². The molecule has 0 aliphatic heterocycles. The summed E-state index contributed by atoms with van der Waals surface area (Å²) in [5.74, 6) is -0.147. The Morgan fingerprint density at radius 1 is 0.589 bits per heavy atom. The zero-order chi connectivity index (χ0) is 41.4. The Labute approximate surface area is 348 Å². The zero-order valence-electron chi connectivity index (χ0n) is 37.9. The van der Waals surface area contributed by atoms with E-state index in [-0.39, 0.29) is 19.1 Å². The Balaban J connectivity index is 4.29. The number of hydrogen-bond acceptors (Lipinski definition) is 5. The van der Waals surface area contributed by atoms with Crippen molar-refractivity contribution in [2.75, 3.05) is 40.9 Å². The number of likely N-dealkylation sites (N-methyl/N-ethyl adjacent to an activating group) is 1. The van der Waals surface area contributed by atoms with Crippen LogP contribution in [0.15, 0.2) is 12.2 Å². The first-order chi connectivity index (χ1) is 27.0. The number of aliphatic hydroxyl groups is 1. The number of allylic oxidation sites excluding steroid dienone is 2. The second-order valence-corrected chi connectivity index (χ2v) is 19.3. The lowest BCUT2D eigenvalue weighted by atomic mass is 10.0. The van der Waals surface area contributed by atoms with Crippen molar-refractivity contribution >= 4 is 13.7 Å². The zero-order valence-corrected chi connectivity index (χ0v) is 38.8. The molecule has 0 aliphatic rings. The van der Waals surface area contributed by atoms with E-state index in [4.69, 9.17) is 9.05 Å². The fourth-order valence-electron chi connectivity index (χ4n) is 7.16. The number of nitrogens with one attached hydrogen (secondary N) is 1. The van der Waals surface area contributed by atoms with Gasteiger partial charge < -0.3 is 19.8 Å². The molecular weight excluding hydrogens is 719 g/mol. The average molecular weight is 816 g/mol. The van der Waals surface area contributed by atoms with Crippen LogP contribution in [0, 0.1) is 0 Å². The van der Waals surface area contributed by atoms with Gasteiger partial charge in [0.05, 0.1) is 39.9 Å². The fourth-order valence-corrected chi connectivity index (χ4v) is 7.89. The van der Waals surface area contributed by atoms with Crippen molar-refractivity contribution < 1.29 is 32.9 Å². The third-order valence-electron chi connectivity index (χ3n) is 11.0. The van der Waals surface area contributed by atoms with Gasteiger partial charge in [0.25, 0.3) is 0 Å². The SMILES string of the molecule is CCCCCC/C=C\CCCCCCCCCC(=O)NC(COP(=O)(O)OCC[N+](C)(C)C)C(O)CCCCCCCCCCCCCCCCCCCCC. The summed E-state index contributed by atoms with van der Waals surface area (Å²) in [6.45, 7) is 4.89. The molecule has 0 aromatic carbocycles. The van der Waals surface area contributed by atoms with E-state index < -0.39 is 20.0 Å². The maximum Gasteiger partial charge on any atom is 0.472 e. The van der Waals surface area contributed by atoms with E-state index in [1.54, 1.807) is 0 Å². The molecule has 3 N–H and O–H groups in total. The van der Waals surface area contributed by atoms with Gasteiger partial charge in [0, 0.05) is 6.42 Å². The molecule has 0 rings (SSSR count). The molecule has 0 saturated carbocycles. The van der Waals surface area contributed by atoms with Crippen molar-refractivity contribution in [3.63, 3.8) is 0 Å². The average Bonchev–Trinajstić information content (AvgIpc) is 3.15. The van der Waals surface area contributed by atoms with Crippen LogP contribution in [0.2, 0.25) is 0 Å². The van der Waals surface area contributed by atoms with Gasteiger partial charge >= 0.3 is 7.82 Å². The van der Waals surface area contributed by atoms with E-state index in [9.17, 15) is 19.4 Å². The molecule has 0 spiro atoms. The monoisotopic (exact) mass is 816 g/mol. The van der Waals surface area contributed by atoms with Crippen LogP contribution in [0.3, 0.4) is 0 Å². The molecule has 0 heterocycles. The lowest BCUT2D eigenvalue weighted by Gasteiger charge is -2.26. The lowest BCUT2D eigenvalue weighted by molar-refractivity contribution is -0.870. The van der Waals surface area contributed by atoms with Gasteiger partial charge in [-0.05, 0) is 38.5 Å². The molecule has 9 heteroatoms. The Morgan fingerprint density at radius 2 is 0.964 bits per heavy atom. The maximum atomic E-state index is 12.9. The Morgan fingerprint density at radius 3 is 1.39 bits per heavy atom. The molecule has 0 fully saturated rings. The number of aliphatic hydroxyl groups excluding tert-OH is 1. The van der Waals surface area contributed by atoms with Gasteiger partial charge in [-0.3, -0.25) is 13.8 Å². The van der Waals surface area contributed by atoms with Gasteiger partial charge in [0.2, 0.25) is 5.91 Å². The predicted octanol–water partition coefficient (Wildman–Crippen LogP) is 13.5. The van der Waals surface area contributed by atoms with Crippen LogP contribution in [0.4, 0.5) is 0 Å². The summed E-state index contributed by atoms with van der Waals surface area (Å²) in [6, 6.07) is -0.758. The van der Waals surface area contributed by atoms with E-state index in [2.05, 4.69) is 31.3 Å². The largest absolute Gasteiger partial charge is 0.472 e. The molecule has 0 aromatic rings. The van der Waals surface area contributed by atoms with Gasteiger partial charge in [-0.2, -0.15) is 0 Å². The van der Waals surface area contributed by atoms with Gasteiger partial charge in [-0.25, -0.2) is 4.57 Å². The molecule has 3 unspecified atom stereocenters. The van der Waals surface area contributed by atoms with E-state index in [1.165, 1.54) is 167 Å². The Kier molecular flexibility index (Phi) is 39.1. The van der Waals surface area contributed by atoms with Gasteiger partial charge in [0.1, 0.15) is 13.2 Å². The maximum absolute atomic E-state index is 12.9. The lowest BCUT2D eigenvalue weighted by Crippen LogP contribution is -2.46. The van der Waals surface area contributed by atoms with Crippen LogP contribution < -0.4 is 5.32 Å². The highest BCUT2D eigenvalue weighted by Gasteiger charge is 2.28. The van der Waals surface area contributed by atoms with Crippen molar-refractivity contribution in [1.82, 2.24) is 5.32 Å². The minimum Gasteiger partial charge on any atom is -0.391 e. The first-order valence-electron chi connectivity index (χ1n) is 24.1. The summed E-state index contributed by atoms with van der Waals surface area (Å²) in [5, 5.41) is 14.0. The number of carbonyl (C=O) groups is 1. The Bertz CT molecular complexity index is 927. The van der Waals surface area contributed by atoms with Crippen LogP contribution in [-0.2, 0) is 18.4 Å². The summed E-state index contributed by atoms with van der Waals surface area (Å²) in [7, 11) is 1.62. The smallest absolute Gasteiger partial charge is 0.391 e. The van der Waals surface area contributed by atoms with Crippen LogP contribution in [-0.4, -0.2) is 73.4 Å². The molecule has 0 bridgehead atoms. The molecule has 334 valence electrons. The van der Waals surface area contributed by atoms with Crippen molar-refractivity contribution in [3.8, 4) is 0 Å². The third kappa shape index (κ3) is 41.4. The molecule has 8 nitrogen and oxygen atoms in total. The standard InChI is InChI=1S/C47H95N2O6P/c1-6-8-10-12-14-16-18-20-22-23-24-25-27-28-30-32-34-36-38-40-46(50)45(44-55-56(52,53)54-43-42-49(3,4)5)48-47(51)41-39-37-35-33-31-29-26-21-19-17-15-13-11-9-7-2/h17,19,45-46,50H,6-16,18,20-44H2,1-5H3,(H-,48,51,52,53)/p+1/b19-17-. The fraction of sp³-hybridized carbons (Fsp3) is 0.936. The van der Waals surface area contributed by atoms with Crippen LogP contribution >= 0.6 is 7.82 Å². The second-order valence-electron chi connectivity index (χ2n) is 17.8. The summed E-state index contributed by atoms with van der Waals surface area (Å²) < 4.78 is 23.7. The van der Waals surface area contributed by atoms with E-state index >= 15 is 0 Å². The number of rotatable bonds is 44. The molecule has 56 heavy (non-hydrogen) atoms. The van der Waals surface area contributed by atoms with Crippen molar-refractivity contribution in [2.45, 2.75) is 244 Å². The number of quaternary nitrogens is 1. The molecule has 0 saturated heterocycles. The first-order valence-corrected chi connectivity index (χ1v) is 25.5. The van der Waals surface area contributed by atoms with E-state index in [1.807, 2.05) is 21.1 Å². The minimum atomic E-state index is -4.31. The number of phosphoric ester groups is 1. The Hall–Kier alpha value is -0.760. The van der Waals surface area contributed by atoms with Gasteiger partial charge in [0.15, 0.2) is 0 Å². The number of amides is 1. The van der Waals surface area contributed by atoms with Gasteiger partial charge in [-0.1, -0.05) is 199 Å². The van der Waals surface area contributed by atoms with Crippen molar-refractivity contribution in [1.29, 1.82) is 0 Å².